The Hall–Kier alpha value is -1.87. The van der Waals surface area contributed by atoms with Crippen molar-refractivity contribution in [2.24, 2.45) is 5.73 Å². The number of nitrogens with two attached hydrogens (primary N) is 1. The second-order valence-corrected chi connectivity index (χ2v) is 4.95. The molecule has 0 bridgehead atoms. The summed E-state index contributed by atoms with van der Waals surface area (Å²) in [7, 11) is 0. The zero-order valence-corrected chi connectivity index (χ0v) is 10.9. The highest BCUT2D eigenvalue weighted by molar-refractivity contribution is 5.38. The molecule has 1 heterocycles. The van der Waals surface area contributed by atoms with Gasteiger partial charge in [-0.25, -0.2) is 4.98 Å². The van der Waals surface area contributed by atoms with Crippen molar-refractivity contribution in [1.82, 2.24) is 4.98 Å². The van der Waals surface area contributed by atoms with Crippen LogP contribution in [-0.2, 0) is 19.4 Å². The summed E-state index contributed by atoms with van der Waals surface area (Å²) in [6.07, 6.45) is 6.65. The molecular formula is C16H18N2O. The van der Waals surface area contributed by atoms with Crippen molar-refractivity contribution in [2.75, 3.05) is 0 Å². The van der Waals surface area contributed by atoms with Gasteiger partial charge >= 0.3 is 0 Å². The Morgan fingerprint density at radius 2 is 1.89 bits per heavy atom. The van der Waals surface area contributed by atoms with Crippen LogP contribution in [0.15, 0.2) is 36.5 Å². The highest BCUT2D eigenvalue weighted by Gasteiger charge is 2.10. The van der Waals surface area contributed by atoms with Crippen LogP contribution in [0.3, 0.4) is 0 Å². The first-order valence-electron chi connectivity index (χ1n) is 6.80. The summed E-state index contributed by atoms with van der Waals surface area (Å²) in [6.45, 7) is 0.503. The lowest BCUT2D eigenvalue weighted by Gasteiger charge is -2.16. The average Bonchev–Trinajstić information content (AvgIpc) is 2.47. The summed E-state index contributed by atoms with van der Waals surface area (Å²) >= 11 is 0. The van der Waals surface area contributed by atoms with Crippen LogP contribution in [0.5, 0.6) is 11.6 Å². The third-order valence-electron chi connectivity index (χ3n) is 3.58. The van der Waals surface area contributed by atoms with Gasteiger partial charge in [-0.1, -0.05) is 6.07 Å². The number of fused-ring (bicyclic) bond motifs is 1. The van der Waals surface area contributed by atoms with Crippen molar-refractivity contribution in [3.8, 4) is 11.6 Å². The number of nitrogens with zero attached hydrogens (tertiary/aromatic N) is 1. The molecule has 3 heteroatoms. The van der Waals surface area contributed by atoms with E-state index >= 15 is 0 Å². The Morgan fingerprint density at radius 3 is 2.74 bits per heavy atom. The number of ether oxygens (including phenoxy) is 1. The van der Waals surface area contributed by atoms with E-state index in [1.54, 1.807) is 6.20 Å². The van der Waals surface area contributed by atoms with E-state index in [0.717, 1.165) is 17.7 Å². The number of hydrogen-bond acceptors (Lipinski definition) is 3. The predicted octanol–water partition coefficient (Wildman–Crippen LogP) is 3.21. The molecule has 0 saturated carbocycles. The van der Waals surface area contributed by atoms with Crippen LogP contribution in [0, 0.1) is 0 Å². The molecule has 0 aliphatic heterocycles. The number of hydrogen-bond donors (Lipinski definition) is 1. The maximum Gasteiger partial charge on any atom is 0.219 e. The minimum absolute atomic E-state index is 0.503. The van der Waals surface area contributed by atoms with Gasteiger partial charge in [0.2, 0.25) is 5.88 Å². The molecule has 0 radical (unpaired) electrons. The van der Waals surface area contributed by atoms with Crippen molar-refractivity contribution in [3.63, 3.8) is 0 Å². The molecule has 0 unspecified atom stereocenters. The highest BCUT2D eigenvalue weighted by atomic mass is 16.5. The number of aromatic nitrogens is 1. The Labute approximate surface area is 113 Å². The van der Waals surface area contributed by atoms with Crippen molar-refractivity contribution in [3.05, 3.63) is 53.2 Å². The van der Waals surface area contributed by atoms with Gasteiger partial charge in [-0.05, 0) is 60.6 Å². The summed E-state index contributed by atoms with van der Waals surface area (Å²) in [5.74, 6) is 1.47. The molecule has 1 aliphatic rings. The van der Waals surface area contributed by atoms with E-state index < -0.39 is 0 Å². The molecule has 1 aromatic heterocycles. The molecule has 98 valence electrons. The molecule has 2 aromatic rings. The second kappa shape index (κ2) is 5.41. The van der Waals surface area contributed by atoms with Crippen LogP contribution in [-0.4, -0.2) is 4.98 Å². The molecule has 3 rings (SSSR count). The van der Waals surface area contributed by atoms with E-state index in [9.17, 15) is 0 Å². The first-order chi connectivity index (χ1) is 9.35. The maximum atomic E-state index is 5.82. The van der Waals surface area contributed by atoms with Gasteiger partial charge in [-0.2, -0.15) is 0 Å². The Balaban J connectivity index is 1.82. The van der Waals surface area contributed by atoms with Gasteiger partial charge in [-0.3, -0.25) is 0 Å². The Bertz CT molecular complexity index is 581. The lowest BCUT2D eigenvalue weighted by molar-refractivity contribution is 0.460. The van der Waals surface area contributed by atoms with Crippen LogP contribution < -0.4 is 10.5 Å². The Kier molecular flexibility index (Phi) is 3.47. The standard InChI is InChI=1S/C16H18N2O/c17-11-12-7-8-18-16(9-12)19-15-6-5-13-3-1-2-4-14(13)10-15/h5-10H,1-4,11,17H2. The minimum atomic E-state index is 0.503. The van der Waals surface area contributed by atoms with E-state index in [0.29, 0.717) is 12.4 Å². The molecule has 0 atom stereocenters. The van der Waals surface area contributed by atoms with Gasteiger partial charge in [0.25, 0.3) is 0 Å². The van der Waals surface area contributed by atoms with Crippen LogP contribution in [0.2, 0.25) is 0 Å². The summed E-state index contributed by atoms with van der Waals surface area (Å²) in [5, 5.41) is 0. The van der Waals surface area contributed by atoms with Gasteiger partial charge in [0, 0.05) is 18.8 Å². The molecular weight excluding hydrogens is 236 g/mol. The van der Waals surface area contributed by atoms with Crippen LogP contribution in [0.4, 0.5) is 0 Å². The summed E-state index contributed by atoms with van der Waals surface area (Å²) in [5.41, 5.74) is 9.53. The maximum absolute atomic E-state index is 5.82. The molecule has 0 saturated heterocycles. The van der Waals surface area contributed by atoms with Gasteiger partial charge in [0.15, 0.2) is 0 Å². The number of rotatable bonds is 3. The second-order valence-electron chi connectivity index (χ2n) is 4.95. The van der Waals surface area contributed by atoms with Crippen molar-refractivity contribution in [2.45, 2.75) is 32.2 Å². The third kappa shape index (κ3) is 2.76. The molecule has 0 fully saturated rings. The highest BCUT2D eigenvalue weighted by Crippen LogP contribution is 2.27. The fourth-order valence-electron chi connectivity index (χ4n) is 2.53. The molecule has 19 heavy (non-hydrogen) atoms. The van der Waals surface area contributed by atoms with Crippen LogP contribution in [0.1, 0.15) is 29.5 Å². The molecule has 2 N–H and O–H groups in total. The monoisotopic (exact) mass is 254 g/mol. The van der Waals surface area contributed by atoms with Gasteiger partial charge < -0.3 is 10.5 Å². The van der Waals surface area contributed by atoms with Crippen molar-refractivity contribution < 1.29 is 4.74 Å². The fraction of sp³-hybridized carbons (Fsp3) is 0.312. The predicted molar refractivity (Wildman–Crippen MR) is 75.3 cm³/mol. The lowest BCUT2D eigenvalue weighted by atomic mass is 9.92. The van der Waals surface area contributed by atoms with Crippen LogP contribution in [0.25, 0.3) is 0 Å². The molecule has 3 nitrogen and oxygen atoms in total. The third-order valence-corrected chi connectivity index (χ3v) is 3.58. The van der Waals surface area contributed by atoms with E-state index in [2.05, 4.69) is 17.1 Å². The first kappa shape index (κ1) is 12.2. The van der Waals surface area contributed by atoms with E-state index in [1.807, 2.05) is 18.2 Å². The summed E-state index contributed by atoms with van der Waals surface area (Å²) < 4.78 is 5.82. The number of pyridine rings is 1. The molecule has 0 spiro atoms. The molecule has 1 aliphatic carbocycles. The van der Waals surface area contributed by atoms with E-state index in [1.165, 1.54) is 30.4 Å². The molecule has 1 aromatic carbocycles. The van der Waals surface area contributed by atoms with Crippen LogP contribution >= 0.6 is 0 Å². The van der Waals surface area contributed by atoms with E-state index in [-0.39, 0.29) is 0 Å². The average molecular weight is 254 g/mol. The Morgan fingerprint density at radius 1 is 1.05 bits per heavy atom. The molecule has 0 amide bonds. The smallest absolute Gasteiger partial charge is 0.219 e. The quantitative estimate of drug-likeness (QED) is 0.915. The van der Waals surface area contributed by atoms with Gasteiger partial charge in [0.1, 0.15) is 5.75 Å². The lowest BCUT2D eigenvalue weighted by Crippen LogP contribution is -2.02. The normalized spacial score (nSPS) is 13.9. The summed E-state index contributed by atoms with van der Waals surface area (Å²) in [4.78, 5) is 4.22. The number of benzene rings is 1. The fourth-order valence-corrected chi connectivity index (χ4v) is 2.53. The van der Waals surface area contributed by atoms with Crippen molar-refractivity contribution >= 4 is 0 Å². The number of aryl methyl sites for hydroxylation is 2. The van der Waals surface area contributed by atoms with Crippen molar-refractivity contribution in [1.29, 1.82) is 0 Å². The first-order valence-corrected chi connectivity index (χ1v) is 6.80. The van der Waals surface area contributed by atoms with Gasteiger partial charge in [-0.15, -0.1) is 0 Å². The zero-order chi connectivity index (χ0) is 13.1. The SMILES string of the molecule is NCc1ccnc(Oc2ccc3c(c2)CCCC3)c1. The zero-order valence-electron chi connectivity index (χ0n) is 10.9. The largest absolute Gasteiger partial charge is 0.439 e. The minimum Gasteiger partial charge on any atom is -0.439 e. The summed E-state index contributed by atoms with van der Waals surface area (Å²) in [6, 6.07) is 10.1. The topological polar surface area (TPSA) is 48.1 Å². The van der Waals surface area contributed by atoms with E-state index in [4.69, 9.17) is 10.5 Å². The van der Waals surface area contributed by atoms with Gasteiger partial charge in [0.05, 0.1) is 0 Å².